The van der Waals surface area contributed by atoms with E-state index in [2.05, 4.69) is 0 Å². The molecule has 0 saturated carbocycles. The van der Waals surface area contributed by atoms with Crippen molar-refractivity contribution in [2.24, 2.45) is 0 Å². The molecule has 4 nitrogen and oxygen atoms in total. The van der Waals surface area contributed by atoms with E-state index in [4.69, 9.17) is 14.6 Å². The fourth-order valence-electron chi connectivity index (χ4n) is 2.46. The monoisotopic (exact) mass is 384 g/mol. The third kappa shape index (κ3) is 8.30. The number of unbranched alkanes of at least 4 members (excludes halogenated alkanes) is 1. The minimum Gasteiger partial charge on any atom is -0.491 e. The molecular formula is C20H23F3O4. The van der Waals surface area contributed by atoms with E-state index >= 15 is 0 Å². The van der Waals surface area contributed by atoms with Crippen LogP contribution < -0.4 is 4.74 Å². The summed E-state index contributed by atoms with van der Waals surface area (Å²) in [6, 6.07) is 4.81. The first kappa shape index (κ1) is 21.0. The summed E-state index contributed by atoms with van der Waals surface area (Å²) in [5.74, 6) is -0.595. The van der Waals surface area contributed by atoms with Crippen LogP contribution in [0.25, 0.3) is 0 Å². The predicted molar refractivity (Wildman–Crippen MR) is 94.6 cm³/mol. The lowest BCUT2D eigenvalue weighted by Crippen LogP contribution is -2.09. The Hall–Kier alpha value is -2.28. The number of allylic oxidation sites excluding steroid dienone is 3. The Balaban J connectivity index is 1.58. The second kappa shape index (κ2) is 10.2. The zero-order chi connectivity index (χ0) is 19.7. The van der Waals surface area contributed by atoms with Gasteiger partial charge < -0.3 is 14.6 Å². The van der Waals surface area contributed by atoms with Crippen LogP contribution in [-0.2, 0) is 15.7 Å². The highest BCUT2D eigenvalue weighted by atomic mass is 19.4. The van der Waals surface area contributed by atoms with Crippen molar-refractivity contribution in [3.63, 3.8) is 0 Å². The second-order valence-electron chi connectivity index (χ2n) is 6.25. The quantitative estimate of drug-likeness (QED) is 0.331. The molecule has 1 N–H and O–H groups in total. The van der Waals surface area contributed by atoms with Crippen LogP contribution in [0.4, 0.5) is 13.2 Å². The minimum atomic E-state index is -4.38. The van der Waals surface area contributed by atoms with Crippen LogP contribution in [0.1, 0.15) is 37.7 Å². The van der Waals surface area contributed by atoms with Gasteiger partial charge in [-0.15, -0.1) is 0 Å². The summed E-state index contributed by atoms with van der Waals surface area (Å²) in [5, 5.41) is 8.51. The molecule has 0 amide bonds. The van der Waals surface area contributed by atoms with Gasteiger partial charge in [0.25, 0.3) is 0 Å². The van der Waals surface area contributed by atoms with Gasteiger partial charge in [-0.2, -0.15) is 13.2 Å². The Morgan fingerprint density at radius 3 is 2.70 bits per heavy atom. The third-order valence-corrected chi connectivity index (χ3v) is 4.00. The summed E-state index contributed by atoms with van der Waals surface area (Å²) < 4.78 is 48.8. The van der Waals surface area contributed by atoms with Gasteiger partial charge in [0.1, 0.15) is 18.5 Å². The predicted octanol–water partition coefficient (Wildman–Crippen LogP) is 5.00. The molecule has 1 aromatic carbocycles. The number of epoxide rings is 1. The largest absolute Gasteiger partial charge is 0.491 e. The zero-order valence-corrected chi connectivity index (χ0v) is 14.8. The molecule has 7 heteroatoms. The van der Waals surface area contributed by atoms with Crippen molar-refractivity contribution in [3.05, 3.63) is 54.1 Å². The summed E-state index contributed by atoms with van der Waals surface area (Å²) in [7, 11) is 0. The highest BCUT2D eigenvalue weighted by Gasteiger charge is 2.38. The van der Waals surface area contributed by atoms with E-state index < -0.39 is 17.7 Å². The maximum Gasteiger partial charge on any atom is 0.416 e. The number of ether oxygens (including phenoxy) is 2. The van der Waals surface area contributed by atoms with Crippen LogP contribution in [0, 0.1) is 0 Å². The number of carboxylic acid groups (broad SMARTS) is 1. The van der Waals surface area contributed by atoms with Gasteiger partial charge in [-0.05, 0) is 43.9 Å². The first-order valence-electron chi connectivity index (χ1n) is 8.83. The zero-order valence-electron chi connectivity index (χ0n) is 14.8. The van der Waals surface area contributed by atoms with Crippen molar-refractivity contribution in [2.75, 3.05) is 6.61 Å². The van der Waals surface area contributed by atoms with Gasteiger partial charge in [-0.25, -0.2) is 0 Å². The van der Waals surface area contributed by atoms with Crippen molar-refractivity contribution < 1.29 is 32.5 Å². The number of rotatable bonds is 11. The molecule has 0 unspecified atom stereocenters. The smallest absolute Gasteiger partial charge is 0.416 e. The SMILES string of the molecule is O=C(O)CCC/C=C/C/C=C/C[C@@H]1O[C@@H]1COc1cccc(C(F)(F)F)c1. The van der Waals surface area contributed by atoms with Crippen LogP contribution in [0.5, 0.6) is 5.75 Å². The Bertz CT molecular complexity index is 667. The molecule has 1 fully saturated rings. The van der Waals surface area contributed by atoms with Crippen LogP contribution in [-0.4, -0.2) is 29.9 Å². The van der Waals surface area contributed by atoms with E-state index in [0.717, 1.165) is 31.4 Å². The topological polar surface area (TPSA) is 59.1 Å². The maximum atomic E-state index is 12.6. The molecule has 1 heterocycles. The lowest BCUT2D eigenvalue weighted by molar-refractivity contribution is -0.138. The first-order chi connectivity index (χ1) is 12.9. The second-order valence-corrected chi connectivity index (χ2v) is 6.25. The van der Waals surface area contributed by atoms with E-state index in [9.17, 15) is 18.0 Å². The summed E-state index contributed by atoms with van der Waals surface area (Å²) in [6.45, 7) is 0.225. The van der Waals surface area contributed by atoms with Gasteiger partial charge >= 0.3 is 12.1 Å². The molecule has 2 atom stereocenters. The molecule has 1 saturated heterocycles. The summed E-state index contributed by atoms with van der Waals surface area (Å²) in [4.78, 5) is 10.4. The molecule has 148 valence electrons. The molecule has 0 aliphatic carbocycles. The number of alkyl halides is 3. The third-order valence-electron chi connectivity index (χ3n) is 4.00. The van der Waals surface area contributed by atoms with Crippen molar-refractivity contribution in [2.45, 2.75) is 50.5 Å². The molecule has 0 spiro atoms. The number of hydrogen-bond donors (Lipinski definition) is 1. The Morgan fingerprint density at radius 2 is 1.96 bits per heavy atom. The van der Waals surface area contributed by atoms with Crippen LogP contribution in [0.15, 0.2) is 48.6 Å². The number of carboxylic acids is 1. The number of aliphatic carboxylic acids is 1. The molecule has 2 rings (SSSR count). The number of halogens is 3. The van der Waals surface area contributed by atoms with E-state index in [-0.39, 0.29) is 31.0 Å². The summed E-state index contributed by atoms with van der Waals surface area (Å²) in [5.41, 5.74) is -0.729. The first-order valence-corrected chi connectivity index (χ1v) is 8.83. The van der Waals surface area contributed by atoms with Gasteiger partial charge in [0.2, 0.25) is 0 Å². The number of carbonyl (C=O) groups is 1. The maximum absolute atomic E-state index is 12.6. The van der Waals surface area contributed by atoms with Crippen molar-refractivity contribution >= 4 is 5.97 Å². The molecule has 0 bridgehead atoms. The number of hydrogen-bond acceptors (Lipinski definition) is 3. The van der Waals surface area contributed by atoms with E-state index in [1.807, 2.05) is 24.3 Å². The summed E-state index contributed by atoms with van der Waals surface area (Å²) >= 11 is 0. The van der Waals surface area contributed by atoms with Gasteiger partial charge in [0.15, 0.2) is 0 Å². The molecular weight excluding hydrogens is 361 g/mol. The Kier molecular flexibility index (Phi) is 7.91. The summed E-state index contributed by atoms with van der Waals surface area (Å²) in [6.07, 6.45) is 6.57. The fourth-order valence-corrected chi connectivity index (χ4v) is 2.46. The molecule has 0 aromatic heterocycles. The van der Waals surface area contributed by atoms with Gasteiger partial charge in [0, 0.05) is 6.42 Å². The average molecular weight is 384 g/mol. The van der Waals surface area contributed by atoms with E-state index in [1.165, 1.54) is 12.1 Å². The lowest BCUT2D eigenvalue weighted by atomic mass is 10.2. The van der Waals surface area contributed by atoms with Crippen molar-refractivity contribution in [1.29, 1.82) is 0 Å². The molecule has 0 radical (unpaired) electrons. The highest BCUT2D eigenvalue weighted by Crippen LogP contribution is 2.32. The molecule has 1 aliphatic heterocycles. The Morgan fingerprint density at radius 1 is 1.19 bits per heavy atom. The number of benzene rings is 1. The van der Waals surface area contributed by atoms with Gasteiger partial charge in [-0.1, -0.05) is 30.4 Å². The van der Waals surface area contributed by atoms with Crippen LogP contribution >= 0.6 is 0 Å². The average Bonchev–Trinajstić information content (AvgIpc) is 3.36. The highest BCUT2D eigenvalue weighted by molar-refractivity contribution is 5.66. The Labute approximate surface area is 156 Å². The molecule has 1 aromatic rings. The van der Waals surface area contributed by atoms with Gasteiger partial charge in [-0.3, -0.25) is 4.79 Å². The minimum absolute atomic E-state index is 0.0339. The lowest BCUT2D eigenvalue weighted by Gasteiger charge is -2.09. The van der Waals surface area contributed by atoms with E-state index in [0.29, 0.717) is 6.42 Å². The fraction of sp³-hybridized carbons (Fsp3) is 0.450. The molecule has 27 heavy (non-hydrogen) atoms. The van der Waals surface area contributed by atoms with Gasteiger partial charge in [0.05, 0.1) is 11.7 Å². The van der Waals surface area contributed by atoms with E-state index in [1.54, 1.807) is 0 Å². The van der Waals surface area contributed by atoms with Crippen LogP contribution in [0.2, 0.25) is 0 Å². The van der Waals surface area contributed by atoms with Crippen molar-refractivity contribution in [1.82, 2.24) is 0 Å². The normalized spacial score (nSPS) is 19.7. The van der Waals surface area contributed by atoms with Crippen molar-refractivity contribution in [3.8, 4) is 5.75 Å². The standard InChI is InChI=1S/C20H23F3O4/c21-20(22,23)15-9-8-10-16(13-15)26-14-18-17(27-18)11-6-4-2-1-3-5-7-12-19(24)25/h1,3-4,6,8-10,13,17-18H,2,5,7,11-12,14H2,(H,24,25)/b3-1+,6-4+/t17-,18+/m0/s1. The molecule has 1 aliphatic rings. The van der Waals surface area contributed by atoms with Crippen LogP contribution in [0.3, 0.4) is 0 Å².